The van der Waals surface area contributed by atoms with E-state index in [2.05, 4.69) is 4.74 Å². The van der Waals surface area contributed by atoms with Gasteiger partial charge in [0.05, 0.1) is 13.2 Å². The lowest BCUT2D eigenvalue weighted by molar-refractivity contribution is -0.147. The second-order valence-corrected chi connectivity index (χ2v) is 3.37. The summed E-state index contributed by atoms with van der Waals surface area (Å²) in [4.78, 5) is 23.9. The zero-order valence-electron chi connectivity index (χ0n) is 9.52. The number of aliphatic hydroxyl groups excluding tert-OH is 1. The molecular weight excluding hydrogens is 198 g/mol. The number of hydrogen-bond acceptors (Lipinski definition) is 4. The summed E-state index contributed by atoms with van der Waals surface area (Å²) in [6, 6.07) is 0. The van der Waals surface area contributed by atoms with Crippen LogP contribution in [0.2, 0.25) is 0 Å². The molecular formula is C10H19NO4. The molecule has 0 radical (unpaired) electrons. The van der Waals surface area contributed by atoms with Crippen LogP contribution in [-0.4, -0.2) is 48.2 Å². The number of ether oxygens (including phenoxy) is 1. The molecule has 1 unspecified atom stereocenters. The molecule has 0 spiro atoms. The number of carbonyl (C=O) groups excluding carboxylic acids is 2. The third kappa shape index (κ3) is 6.06. The Labute approximate surface area is 90.0 Å². The molecule has 0 aromatic carbocycles. The van der Waals surface area contributed by atoms with Crippen LogP contribution in [0.4, 0.5) is 0 Å². The fourth-order valence-corrected chi connectivity index (χ4v) is 1.09. The molecule has 0 heterocycles. The second-order valence-electron chi connectivity index (χ2n) is 3.37. The summed E-state index contributed by atoms with van der Waals surface area (Å²) in [6.45, 7) is 3.87. The summed E-state index contributed by atoms with van der Waals surface area (Å²) >= 11 is 0. The van der Waals surface area contributed by atoms with Crippen LogP contribution in [0.1, 0.15) is 26.7 Å². The van der Waals surface area contributed by atoms with Crippen molar-refractivity contribution in [3.8, 4) is 0 Å². The van der Waals surface area contributed by atoms with Crippen molar-refractivity contribution < 1.29 is 19.4 Å². The summed E-state index contributed by atoms with van der Waals surface area (Å²) < 4.78 is 4.48. The number of rotatable bonds is 6. The van der Waals surface area contributed by atoms with E-state index in [4.69, 9.17) is 5.11 Å². The number of amides is 1. The van der Waals surface area contributed by atoms with Gasteiger partial charge >= 0.3 is 5.97 Å². The number of methoxy groups -OCH3 is 1. The Morgan fingerprint density at radius 1 is 1.47 bits per heavy atom. The first-order valence-corrected chi connectivity index (χ1v) is 5.03. The first kappa shape index (κ1) is 13.9. The zero-order chi connectivity index (χ0) is 11.8. The Morgan fingerprint density at radius 2 is 2.07 bits per heavy atom. The first-order valence-electron chi connectivity index (χ1n) is 5.03. The van der Waals surface area contributed by atoms with Gasteiger partial charge < -0.3 is 14.7 Å². The third-order valence-corrected chi connectivity index (χ3v) is 2.06. The van der Waals surface area contributed by atoms with E-state index < -0.39 is 12.1 Å². The van der Waals surface area contributed by atoms with Gasteiger partial charge in [0.15, 0.2) is 0 Å². The SMILES string of the molecule is CCN(CC(=O)OC)C(=O)CCC(C)O. The molecule has 0 bridgehead atoms. The molecule has 0 rings (SSSR count). The van der Waals surface area contributed by atoms with E-state index >= 15 is 0 Å². The molecule has 0 aliphatic heterocycles. The average Bonchev–Trinajstić information content (AvgIpc) is 2.21. The maximum atomic E-state index is 11.5. The average molecular weight is 217 g/mol. The number of carbonyl (C=O) groups is 2. The highest BCUT2D eigenvalue weighted by molar-refractivity contribution is 5.81. The largest absolute Gasteiger partial charge is 0.468 e. The summed E-state index contributed by atoms with van der Waals surface area (Å²) in [5.74, 6) is -0.564. The summed E-state index contributed by atoms with van der Waals surface area (Å²) in [5.41, 5.74) is 0. The van der Waals surface area contributed by atoms with Crippen LogP contribution in [0.25, 0.3) is 0 Å². The van der Waals surface area contributed by atoms with E-state index in [9.17, 15) is 9.59 Å². The van der Waals surface area contributed by atoms with Crippen LogP contribution in [0, 0.1) is 0 Å². The molecule has 0 fully saturated rings. The molecule has 0 aliphatic carbocycles. The highest BCUT2D eigenvalue weighted by Crippen LogP contribution is 2.01. The number of hydrogen-bond donors (Lipinski definition) is 1. The summed E-state index contributed by atoms with van der Waals surface area (Å²) in [5, 5.41) is 9.02. The van der Waals surface area contributed by atoms with Crippen LogP contribution in [0.5, 0.6) is 0 Å². The van der Waals surface area contributed by atoms with Gasteiger partial charge in [-0.25, -0.2) is 0 Å². The fraction of sp³-hybridized carbons (Fsp3) is 0.800. The molecule has 1 N–H and O–H groups in total. The topological polar surface area (TPSA) is 66.8 Å². The Morgan fingerprint density at radius 3 is 2.47 bits per heavy atom. The lowest BCUT2D eigenvalue weighted by Crippen LogP contribution is -2.36. The molecule has 5 nitrogen and oxygen atoms in total. The van der Waals surface area contributed by atoms with Gasteiger partial charge in [0.1, 0.15) is 6.54 Å². The molecule has 0 aromatic heterocycles. The van der Waals surface area contributed by atoms with Crippen molar-refractivity contribution in [1.29, 1.82) is 0 Å². The number of esters is 1. The van der Waals surface area contributed by atoms with Gasteiger partial charge in [-0.3, -0.25) is 9.59 Å². The Bertz CT molecular complexity index is 215. The second kappa shape index (κ2) is 7.23. The highest BCUT2D eigenvalue weighted by atomic mass is 16.5. The lowest BCUT2D eigenvalue weighted by Gasteiger charge is -2.19. The van der Waals surface area contributed by atoms with Gasteiger partial charge in [0.2, 0.25) is 5.91 Å². The third-order valence-electron chi connectivity index (χ3n) is 2.06. The van der Waals surface area contributed by atoms with Crippen LogP contribution in [0.3, 0.4) is 0 Å². The van der Waals surface area contributed by atoms with E-state index in [0.29, 0.717) is 13.0 Å². The lowest BCUT2D eigenvalue weighted by atomic mass is 10.2. The van der Waals surface area contributed by atoms with Crippen LogP contribution in [-0.2, 0) is 14.3 Å². The minimum Gasteiger partial charge on any atom is -0.468 e. The first-order chi connectivity index (χ1) is 7.01. The van der Waals surface area contributed by atoms with E-state index in [0.717, 1.165) is 0 Å². The maximum absolute atomic E-state index is 11.5. The quantitative estimate of drug-likeness (QED) is 0.644. The molecule has 88 valence electrons. The Kier molecular flexibility index (Phi) is 6.70. The fourth-order valence-electron chi connectivity index (χ4n) is 1.09. The maximum Gasteiger partial charge on any atom is 0.325 e. The van der Waals surface area contributed by atoms with Gasteiger partial charge in [-0.2, -0.15) is 0 Å². The van der Waals surface area contributed by atoms with Crippen molar-refractivity contribution in [2.75, 3.05) is 20.2 Å². The van der Waals surface area contributed by atoms with Gasteiger partial charge in [-0.15, -0.1) is 0 Å². The van der Waals surface area contributed by atoms with Crippen molar-refractivity contribution in [2.24, 2.45) is 0 Å². The molecule has 15 heavy (non-hydrogen) atoms. The number of likely N-dealkylation sites (N-methyl/N-ethyl adjacent to an activating group) is 1. The molecule has 0 saturated heterocycles. The normalized spacial score (nSPS) is 12.0. The van der Waals surface area contributed by atoms with Crippen LogP contribution in [0.15, 0.2) is 0 Å². The summed E-state index contributed by atoms with van der Waals surface area (Å²) in [6.07, 6.45) is 0.171. The minimum atomic E-state index is -0.495. The van der Waals surface area contributed by atoms with E-state index in [1.807, 2.05) is 0 Å². The highest BCUT2D eigenvalue weighted by Gasteiger charge is 2.15. The predicted octanol–water partition coefficient (Wildman–Crippen LogP) is 0.169. The van der Waals surface area contributed by atoms with Crippen molar-refractivity contribution in [3.63, 3.8) is 0 Å². The predicted molar refractivity (Wildman–Crippen MR) is 55.2 cm³/mol. The Balaban J connectivity index is 4.04. The zero-order valence-corrected chi connectivity index (χ0v) is 9.52. The van der Waals surface area contributed by atoms with E-state index in [1.54, 1.807) is 13.8 Å². The molecule has 1 amide bonds. The van der Waals surface area contributed by atoms with Gasteiger partial charge in [-0.05, 0) is 20.3 Å². The van der Waals surface area contributed by atoms with Gasteiger partial charge in [0.25, 0.3) is 0 Å². The minimum absolute atomic E-state index is 0.0222. The number of nitrogens with zero attached hydrogens (tertiary/aromatic N) is 1. The van der Waals surface area contributed by atoms with Crippen molar-refractivity contribution in [1.82, 2.24) is 4.90 Å². The van der Waals surface area contributed by atoms with Crippen molar-refractivity contribution >= 4 is 11.9 Å². The smallest absolute Gasteiger partial charge is 0.325 e. The summed E-state index contributed by atoms with van der Waals surface area (Å²) in [7, 11) is 1.29. The molecule has 0 saturated carbocycles. The Hall–Kier alpha value is -1.10. The standard InChI is InChI=1S/C10H19NO4/c1-4-11(7-10(14)15-3)9(13)6-5-8(2)12/h8,12H,4-7H2,1-3H3. The van der Waals surface area contributed by atoms with E-state index in [1.165, 1.54) is 12.0 Å². The number of aliphatic hydroxyl groups is 1. The molecule has 1 atom stereocenters. The van der Waals surface area contributed by atoms with E-state index in [-0.39, 0.29) is 18.9 Å². The molecule has 0 aliphatic rings. The molecule has 0 aromatic rings. The molecule has 5 heteroatoms. The van der Waals surface area contributed by atoms with Crippen molar-refractivity contribution in [2.45, 2.75) is 32.8 Å². The van der Waals surface area contributed by atoms with Crippen LogP contribution >= 0.6 is 0 Å². The van der Waals surface area contributed by atoms with Gasteiger partial charge in [-0.1, -0.05) is 0 Å². The van der Waals surface area contributed by atoms with Gasteiger partial charge in [0, 0.05) is 13.0 Å². The van der Waals surface area contributed by atoms with Crippen molar-refractivity contribution in [3.05, 3.63) is 0 Å². The van der Waals surface area contributed by atoms with Crippen LogP contribution < -0.4 is 0 Å². The monoisotopic (exact) mass is 217 g/mol.